The molecule has 0 saturated carbocycles. The smallest absolute Gasteiger partial charge is 0.255 e. The Morgan fingerprint density at radius 3 is 2.42 bits per heavy atom. The molecule has 1 aromatic carbocycles. The molecule has 2 heterocycles. The highest BCUT2D eigenvalue weighted by Gasteiger charge is 2.07. The van der Waals surface area contributed by atoms with E-state index in [0.717, 1.165) is 10.2 Å². The SMILES string of the molecule is CN(C)c1ccc(C(=O)Nc2ccc(-n3cc(Br)cn3)nc2)cc1. The third-order valence-corrected chi connectivity index (χ3v) is 3.85. The Kier molecular flexibility index (Phi) is 4.61. The molecule has 7 heteroatoms. The van der Waals surface area contributed by atoms with Crippen LogP contribution >= 0.6 is 15.9 Å². The number of hydrogen-bond acceptors (Lipinski definition) is 4. The number of carbonyl (C=O) groups excluding carboxylic acids is 1. The second-order valence-corrected chi connectivity index (χ2v) is 6.32. The lowest BCUT2D eigenvalue weighted by Crippen LogP contribution is -2.13. The Morgan fingerprint density at radius 1 is 1.12 bits per heavy atom. The largest absolute Gasteiger partial charge is 0.378 e. The van der Waals surface area contributed by atoms with Crippen LogP contribution in [0.3, 0.4) is 0 Å². The van der Waals surface area contributed by atoms with Crippen LogP contribution in [0, 0.1) is 0 Å². The average Bonchev–Trinajstić information content (AvgIpc) is 3.02. The van der Waals surface area contributed by atoms with Gasteiger partial charge in [0, 0.05) is 31.5 Å². The van der Waals surface area contributed by atoms with Crippen LogP contribution in [0.5, 0.6) is 0 Å². The summed E-state index contributed by atoms with van der Waals surface area (Å²) < 4.78 is 2.53. The van der Waals surface area contributed by atoms with Crippen LogP contribution in [0.1, 0.15) is 10.4 Å². The van der Waals surface area contributed by atoms with E-state index < -0.39 is 0 Å². The number of nitrogens with one attached hydrogen (secondary N) is 1. The third kappa shape index (κ3) is 3.62. The fourth-order valence-electron chi connectivity index (χ4n) is 2.14. The molecule has 3 aromatic rings. The van der Waals surface area contributed by atoms with Crippen molar-refractivity contribution in [2.75, 3.05) is 24.3 Å². The van der Waals surface area contributed by atoms with Crippen molar-refractivity contribution < 1.29 is 4.79 Å². The van der Waals surface area contributed by atoms with Crippen LogP contribution in [0.15, 0.2) is 59.5 Å². The Labute approximate surface area is 148 Å². The van der Waals surface area contributed by atoms with E-state index in [1.807, 2.05) is 37.3 Å². The van der Waals surface area contributed by atoms with Crippen LogP contribution in [0.4, 0.5) is 11.4 Å². The molecule has 0 aliphatic heterocycles. The van der Waals surface area contributed by atoms with Gasteiger partial charge < -0.3 is 10.2 Å². The predicted octanol–water partition coefficient (Wildman–Crippen LogP) is 3.35. The van der Waals surface area contributed by atoms with Crippen molar-refractivity contribution in [3.63, 3.8) is 0 Å². The third-order valence-electron chi connectivity index (χ3n) is 3.44. The Balaban J connectivity index is 1.70. The van der Waals surface area contributed by atoms with Crippen LogP contribution in [0.2, 0.25) is 0 Å². The summed E-state index contributed by atoms with van der Waals surface area (Å²) in [4.78, 5) is 18.6. The van der Waals surface area contributed by atoms with E-state index >= 15 is 0 Å². The highest BCUT2D eigenvalue weighted by molar-refractivity contribution is 9.10. The minimum absolute atomic E-state index is 0.170. The Hall–Kier alpha value is -2.67. The second kappa shape index (κ2) is 6.84. The molecule has 0 bridgehead atoms. The first kappa shape index (κ1) is 16.2. The first-order chi connectivity index (χ1) is 11.5. The molecule has 0 atom stereocenters. The molecule has 0 aliphatic rings. The number of carbonyl (C=O) groups is 1. The highest BCUT2D eigenvalue weighted by atomic mass is 79.9. The molecule has 6 nitrogen and oxygen atoms in total. The van der Waals surface area contributed by atoms with E-state index in [9.17, 15) is 4.79 Å². The van der Waals surface area contributed by atoms with Gasteiger partial charge in [-0.1, -0.05) is 0 Å². The van der Waals surface area contributed by atoms with E-state index in [2.05, 4.69) is 31.3 Å². The van der Waals surface area contributed by atoms with Crippen molar-refractivity contribution >= 4 is 33.2 Å². The molecule has 1 N–H and O–H groups in total. The summed E-state index contributed by atoms with van der Waals surface area (Å²) in [7, 11) is 3.92. The van der Waals surface area contributed by atoms with E-state index in [0.29, 0.717) is 17.1 Å². The fourth-order valence-corrected chi connectivity index (χ4v) is 2.42. The van der Waals surface area contributed by atoms with Crippen molar-refractivity contribution in [3.05, 3.63) is 65.0 Å². The van der Waals surface area contributed by atoms with Gasteiger partial charge in [-0.3, -0.25) is 4.79 Å². The summed E-state index contributed by atoms with van der Waals surface area (Å²) in [5, 5.41) is 7.00. The van der Waals surface area contributed by atoms with Gasteiger partial charge in [-0.25, -0.2) is 9.67 Å². The lowest BCUT2D eigenvalue weighted by Gasteiger charge is -2.12. The molecule has 0 saturated heterocycles. The zero-order valence-electron chi connectivity index (χ0n) is 13.3. The molecule has 0 unspecified atom stereocenters. The van der Waals surface area contributed by atoms with Crippen molar-refractivity contribution in [1.82, 2.24) is 14.8 Å². The minimum atomic E-state index is -0.170. The fraction of sp³-hybridized carbons (Fsp3) is 0.118. The van der Waals surface area contributed by atoms with Gasteiger partial charge in [0.05, 0.1) is 22.6 Å². The quantitative estimate of drug-likeness (QED) is 0.747. The molecule has 3 rings (SSSR count). The van der Waals surface area contributed by atoms with Gasteiger partial charge in [0.1, 0.15) is 0 Å². The lowest BCUT2D eigenvalue weighted by molar-refractivity contribution is 0.102. The molecular weight excluding hydrogens is 370 g/mol. The van der Waals surface area contributed by atoms with Crippen LogP contribution < -0.4 is 10.2 Å². The van der Waals surface area contributed by atoms with E-state index in [-0.39, 0.29) is 5.91 Å². The van der Waals surface area contributed by atoms with Crippen LogP contribution in [-0.2, 0) is 0 Å². The number of benzene rings is 1. The zero-order chi connectivity index (χ0) is 17.1. The molecule has 0 aliphatic carbocycles. The van der Waals surface area contributed by atoms with Crippen molar-refractivity contribution in [2.45, 2.75) is 0 Å². The first-order valence-corrected chi connectivity index (χ1v) is 8.07. The summed E-state index contributed by atoms with van der Waals surface area (Å²) in [6, 6.07) is 11.0. The van der Waals surface area contributed by atoms with Gasteiger partial charge in [0.15, 0.2) is 5.82 Å². The molecule has 1 amide bonds. The van der Waals surface area contributed by atoms with Crippen LogP contribution in [-0.4, -0.2) is 34.8 Å². The van der Waals surface area contributed by atoms with Gasteiger partial charge in [0.25, 0.3) is 5.91 Å². The summed E-state index contributed by atoms with van der Waals surface area (Å²) in [6.07, 6.45) is 5.11. The topological polar surface area (TPSA) is 63.1 Å². The van der Waals surface area contributed by atoms with E-state index in [1.165, 1.54) is 0 Å². The number of anilines is 2. The maximum absolute atomic E-state index is 12.3. The minimum Gasteiger partial charge on any atom is -0.378 e. The van der Waals surface area contributed by atoms with Gasteiger partial charge in [-0.15, -0.1) is 0 Å². The number of nitrogens with zero attached hydrogens (tertiary/aromatic N) is 4. The number of rotatable bonds is 4. The second-order valence-electron chi connectivity index (χ2n) is 5.40. The number of aromatic nitrogens is 3. The van der Waals surface area contributed by atoms with Crippen LogP contribution in [0.25, 0.3) is 5.82 Å². The maximum Gasteiger partial charge on any atom is 0.255 e. The number of halogens is 1. The summed E-state index contributed by atoms with van der Waals surface area (Å²) >= 11 is 3.35. The first-order valence-electron chi connectivity index (χ1n) is 7.28. The summed E-state index contributed by atoms with van der Waals surface area (Å²) in [5.74, 6) is 0.505. The van der Waals surface area contributed by atoms with Gasteiger partial charge >= 0.3 is 0 Å². The normalized spacial score (nSPS) is 10.5. The predicted molar refractivity (Wildman–Crippen MR) is 97.8 cm³/mol. The monoisotopic (exact) mass is 385 g/mol. The molecule has 0 fully saturated rings. The molecule has 122 valence electrons. The number of pyridine rings is 1. The van der Waals surface area contributed by atoms with Gasteiger partial charge in [-0.05, 0) is 52.3 Å². The lowest BCUT2D eigenvalue weighted by atomic mass is 10.2. The average molecular weight is 386 g/mol. The molecule has 2 aromatic heterocycles. The van der Waals surface area contributed by atoms with Crippen molar-refractivity contribution in [2.24, 2.45) is 0 Å². The summed E-state index contributed by atoms with van der Waals surface area (Å²) in [5.41, 5.74) is 2.27. The Bertz CT molecular complexity index is 840. The molecular formula is C17H16BrN5O. The maximum atomic E-state index is 12.3. The van der Waals surface area contributed by atoms with Crippen molar-refractivity contribution in [3.8, 4) is 5.82 Å². The van der Waals surface area contributed by atoms with E-state index in [4.69, 9.17) is 0 Å². The van der Waals surface area contributed by atoms with Gasteiger partial charge in [-0.2, -0.15) is 5.10 Å². The standard InChI is InChI=1S/C17H16BrN5O/c1-22(2)15-6-3-12(4-7-15)17(24)21-14-5-8-16(19-10-14)23-11-13(18)9-20-23/h3-11H,1-2H3,(H,21,24). The Morgan fingerprint density at radius 2 is 1.88 bits per heavy atom. The highest BCUT2D eigenvalue weighted by Crippen LogP contribution is 2.15. The zero-order valence-corrected chi connectivity index (χ0v) is 14.9. The van der Waals surface area contributed by atoms with Gasteiger partial charge in [0.2, 0.25) is 0 Å². The van der Waals surface area contributed by atoms with E-state index in [1.54, 1.807) is 41.3 Å². The molecule has 0 radical (unpaired) electrons. The number of hydrogen-bond donors (Lipinski definition) is 1. The summed E-state index contributed by atoms with van der Waals surface area (Å²) in [6.45, 7) is 0. The van der Waals surface area contributed by atoms with Crippen molar-refractivity contribution in [1.29, 1.82) is 0 Å². The number of amides is 1. The molecule has 24 heavy (non-hydrogen) atoms. The molecule has 0 spiro atoms.